The smallest absolute Gasteiger partial charge is 0.327 e. The van der Waals surface area contributed by atoms with Crippen molar-refractivity contribution in [2.75, 3.05) is 17.2 Å². The third-order valence-electron chi connectivity index (χ3n) is 3.31. The van der Waals surface area contributed by atoms with Gasteiger partial charge in [-0.15, -0.1) is 5.10 Å². The minimum Gasteiger partial charge on any atom is -0.494 e. The maximum Gasteiger partial charge on any atom is 0.327 e. The third kappa shape index (κ3) is 4.85. The van der Waals surface area contributed by atoms with Crippen molar-refractivity contribution in [1.82, 2.24) is 10.2 Å². The number of nitrogens with zero attached hydrogens (tertiary/aromatic N) is 2. The summed E-state index contributed by atoms with van der Waals surface area (Å²) in [6.45, 7) is 2.78. The van der Waals surface area contributed by atoms with E-state index >= 15 is 0 Å². The Morgan fingerprint density at radius 3 is 2.62 bits per heavy atom. The molecule has 8 nitrogen and oxygen atoms in total. The zero-order valence-corrected chi connectivity index (χ0v) is 15.6. The van der Waals surface area contributed by atoms with Crippen molar-refractivity contribution in [2.45, 2.75) is 19.8 Å². The summed E-state index contributed by atoms with van der Waals surface area (Å²) in [4.78, 5) is 12.0. The number of nitrogens with one attached hydrogen (secondary N) is 2. The predicted octanol–water partition coefficient (Wildman–Crippen LogP) is 4.92. The van der Waals surface area contributed by atoms with Crippen LogP contribution in [-0.2, 0) is 0 Å². The van der Waals surface area contributed by atoms with Gasteiger partial charge in [0.05, 0.1) is 6.61 Å². The van der Waals surface area contributed by atoms with Gasteiger partial charge >= 0.3 is 12.0 Å². The third-order valence-corrected chi connectivity index (χ3v) is 3.73. The van der Waals surface area contributed by atoms with Crippen LogP contribution < -0.4 is 15.4 Å². The van der Waals surface area contributed by atoms with Crippen molar-refractivity contribution in [3.63, 3.8) is 0 Å². The van der Waals surface area contributed by atoms with Gasteiger partial charge in [0, 0.05) is 5.69 Å². The summed E-state index contributed by atoms with van der Waals surface area (Å²) in [7, 11) is 0. The number of urea groups is 1. The number of unbranched alkanes of at least 4 members (excludes halogenated alkanes) is 1. The number of benzene rings is 1. The van der Waals surface area contributed by atoms with Crippen LogP contribution in [0.4, 0.5) is 16.5 Å². The Balaban J connectivity index is 1.53. The lowest BCUT2D eigenvalue weighted by molar-refractivity contribution is 0.261. The summed E-state index contributed by atoms with van der Waals surface area (Å²) in [6, 6.07) is 9.93. The lowest BCUT2D eigenvalue weighted by Gasteiger charge is -2.07. The second-order valence-corrected chi connectivity index (χ2v) is 6.10. The van der Waals surface area contributed by atoms with Crippen molar-refractivity contribution in [2.24, 2.45) is 0 Å². The molecule has 0 saturated heterocycles. The zero-order chi connectivity index (χ0) is 18.4. The van der Waals surface area contributed by atoms with E-state index in [1.807, 2.05) is 0 Å². The quantitative estimate of drug-likeness (QED) is 0.526. The molecule has 0 aliphatic rings. The highest BCUT2D eigenvalue weighted by molar-refractivity contribution is 9.10. The van der Waals surface area contributed by atoms with Gasteiger partial charge < -0.3 is 18.9 Å². The zero-order valence-electron chi connectivity index (χ0n) is 14.0. The van der Waals surface area contributed by atoms with E-state index in [1.54, 1.807) is 36.4 Å². The Hall–Kier alpha value is -2.81. The first-order valence-corrected chi connectivity index (χ1v) is 8.83. The molecular weight excluding hydrogens is 404 g/mol. The maximum absolute atomic E-state index is 12.0. The molecule has 0 aliphatic carbocycles. The van der Waals surface area contributed by atoms with Gasteiger partial charge in [-0.05, 0) is 58.7 Å². The average molecular weight is 421 g/mol. The first-order chi connectivity index (χ1) is 12.6. The van der Waals surface area contributed by atoms with E-state index in [0.29, 0.717) is 22.7 Å². The monoisotopic (exact) mass is 420 g/mol. The summed E-state index contributed by atoms with van der Waals surface area (Å²) in [6.07, 6.45) is 2.08. The van der Waals surface area contributed by atoms with Gasteiger partial charge in [0.15, 0.2) is 10.4 Å². The van der Waals surface area contributed by atoms with E-state index in [-0.39, 0.29) is 11.9 Å². The minimum absolute atomic E-state index is 0.0375. The standard InChI is InChI=1S/C17H17BrN4O4/c1-2-3-10-24-12-6-4-11(5-7-12)19-16(23)20-17-22-21-15(26-17)13-8-9-14(18)25-13/h4-9H,2-3,10H2,1H3,(H2,19,20,22,23). The molecule has 2 aromatic heterocycles. The molecule has 2 heterocycles. The number of furan rings is 1. The number of amides is 2. The van der Waals surface area contributed by atoms with E-state index in [9.17, 15) is 4.79 Å². The molecule has 2 amide bonds. The second-order valence-electron chi connectivity index (χ2n) is 5.32. The number of rotatable bonds is 7. The van der Waals surface area contributed by atoms with Crippen molar-refractivity contribution >= 4 is 33.7 Å². The van der Waals surface area contributed by atoms with Crippen LogP contribution in [0.1, 0.15) is 19.8 Å². The summed E-state index contributed by atoms with van der Waals surface area (Å²) in [5.74, 6) is 1.33. The molecule has 9 heteroatoms. The summed E-state index contributed by atoms with van der Waals surface area (Å²) >= 11 is 3.19. The topological polar surface area (TPSA) is 102 Å². The Morgan fingerprint density at radius 1 is 1.12 bits per heavy atom. The van der Waals surface area contributed by atoms with Crippen LogP contribution in [0.25, 0.3) is 11.7 Å². The van der Waals surface area contributed by atoms with Gasteiger partial charge in [-0.2, -0.15) is 0 Å². The van der Waals surface area contributed by atoms with Gasteiger partial charge in [-0.3, -0.25) is 5.32 Å². The van der Waals surface area contributed by atoms with Crippen molar-refractivity contribution in [1.29, 1.82) is 0 Å². The van der Waals surface area contributed by atoms with Gasteiger partial charge in [-0.1, -0.05) is 18.4 Å². The van der Waals surface area contributed by atoms with Gasteiger partial charge in [0.25, 0.3) is 5.89 Å². The Labute approximate surface area is 158 Å². The molecule has 0 saturated carbocycles. The van der Waals surface area contributed by atoms with E-state index < -0.39 is 6.03 Å². The van der Waals surface area contributed by atoms with E-state index in [4.69, 9.17) is 13.6 Å². The van der Waals surface area contributed by atoms with Crippen LogP contribution in [0, 0.1) is 0 Å². The lowest BCUT2D eigenvalue weighted by Crippen LogP contribution is -2.19. The number of halogens is 1. The number of aromatic nitrogens is 2. The normalized spacial score (nSPS) is 10.5. The van der Waals surface area contributed by atoms with Crippen LogP contribution in [0.15, 0.2) is 49.9 Å². The molecule has 2 N–H and O–H groups in total. The van der Waals surface area contributed by atoms with Crippen molar-refractivity contribution < 1.29 is 18.4 Å². The molecule has 0 radical (unpaired) electrons. The molecule has 0 unspecified atom stereocenters. The summed E-state index contributed by atoms with van der Waals surface area (Å²) in [5.41, 5.74) is 0.611. The van der Waals surface area contributed by atoms with Crippen molar-refractivity contribution in [3.8, 4) is 17.4 Å². The molecule has 26 heavy (non-hydrogen) atoms. The van der Waals surface area contributed by atoms with E-state index in [1.165, 1.54) is 0 Å². The van der Waals surface area contributed by atoms with E-state index in [2.05, 4.69) is 43.7 Å². The molecule has 0 bridgehead atoms. The fourth-order valence-corrected chi connectivity index (χ4v) is 2.34. The number of carbonyl (C=O) groups is 1. The summed E-state index contributed by atoms with van der Waals surface area (Å²) in [5, 5.41) is 12.7. The second kappa shape index (κ2) is 8.52. The van der Waals surface area contributed by atoms with Gasteiger partial charge in [-0.25, -0.2) is 4.79 Å². The lowest BCUT2D eigenvalue weighted by atomic mass is 10.3. The average Bonchev–Trinajstić information content (AvgIpc) is 3.25. The SMILES string of the molecule is CCCCOc1ccc(NC(=O)Nc2nnc(-c3ccc(Br)o3)o2)cc1. The molecule has 0 aliphatic heterocycles. The van der Waals surface area contributed by atoms with Crippen LogP contribution in [0.2, 0.25) is 0 Å². The summed E-state index contributed by atoms with van der Waals surface area (Å²) < 4.78 is 16.8. The molecule has 0 atom stereocenters. The van der Waals surface area contributed by atoms with Crippen LogP contribution in [0.5, 0.6) is 5.75 Å². The van der Waals surface area contributed by atoms with Gasteiger partial charge in [0.2, 0.25) is 0 Å². The minimum atomic E-state index is -0.500. The van der Waals surface area contributed by atoms with Crippen LogP contribution >= 0.6 is 15.9 Å². The Bertz CT molecular complexity index is 860. The Kier molecular flexibility index (Phi) is 5.90. The predicted molar refractivity (Wildman–Crippen MR) is 99.2 cm³/mol. The van der Waals surface area contributed by atoms with Gasteiger partial charge in [0.1, 0.15) is 5.75 Å². The van der Waals surface area contributed by atoms with E-state index in [0.717, 1.165) is 18.6 Å². The largest absolute Gasteiger partial charge is 0.494 e. The molecule has 3 aromatic rings. The van der Waals surface area contributed by atoms with Crippen LogP contribution in [-0.4, -0.2) is 22.8 Å². The molecular formula is C17H17BrN4O4. The number of anilines is 2. The molecule has 3 rings (SSSR count). The first kappa shape index (κ1) is 18.0. The fraction of sp³-hybridized carbons (Fsp3) is 0.235. The van der Waals surface area contributed by atoms with Crippen LogP contribution in [0.3, 0.4) is 0 Å². The number of hydrogen-bond donors (Lipinski definition) is 2. The Morgan fingerprint density at radius 2 is 1.92 bits per heavy atom. The van der Waals surface area contributed by atoms with Crippen molar-refractivity contribution in [3.05, 3.63) is 41.1 Å². The molecule has 136 valence electrons. The highest BCUT2D eigenvalue weighted by Gasteiger charge is 2.14. The number of ether oxygens (including phenoxy) is 1. The fourth-order valence-electron chi connectivity index (χ4n) is 2.03. The molecule has 0 spiro atoms. The highest BCUT2D eigenvalue weighted by Crippen LogP contribution is 2.25. The molecule has 1 aromatic carbocycles. The molecule has 0 fully saturated rings. The number of hydrogen-bond acceptors (Lipinski definition) is 6. The number of carbonyl (C=O) groups excluding carboxylic acids is 1. The maximum atomic E-state index is 12.0. The first-order valence-electron chi connectivity index (χ1n) is 8.04. The highest BCUT2D eigenvalue weighted by atomic mass is 79.9.